The Morgan fingerprint density at radius 2 is 1.86 bits per heavy atom. The summed E-state index contributed by atoms with van der Waals surface area (Å²) < 4.78 is 20.8. The number of para-hydroxylation sites is 1. The standard InChI is InChI=1S/C23H23FN2O2/c24-19-15-17-6-1-3-7-18(17)21(19)25-22(27)26-13-11-23(12-14-26)10-9-16-5-2-4-8-20(16)28-23/h1-10,19,21H,11-15H2,(H,25,27)/t19-,21+/m1/s1. The fourth-order valence-electron chi connectivity index (χ4n) is 4.50. The molecule has 2 aromatic carbocycles. The van der Waals surface area contributed by atoms with Gasteiger partial charge < -0.3 is 15.0 Å². The largest absolute Gasteiger partial charge is 0.482 e. The lowest BCUT2D eigenvalue weighted by atomic mass is 9.88. The van der Waals surface area contributed by atoms with Crippen LogP contribution >= 0.6 is 0 Å². The second-order valence-corrected chi connectivity index (χ2v) is 7.87. The van der Waals surface area contributed by atoms with Crippen LogP contribution in [0.3, 0.4) is 0 Å². The number of fused-ring (bicyclic) bond motifs is 2. The van der Waals surface area contributed by atoms with Gasteiger partial charge in [-0.3, -0.25) is 0 Å². The van der Waals surface area contributed by atoms with Crippen molar-refractivity contribution >= 4 is 12.1 Å². The van der Waals surface area contributed by atoms with Crippen LogP contribution in [-0.2, 0) is 6.42 Å². The molecular formula is C23H23FN2O2. The fourth-order valence-corrected chi connectivity index (χ4v) is 4.50. The summed E-state index contributed by atoms with van der Waals surface area (Å²) >= 11 is 0. The van der Waals surface area contributed by atoms with E-state index in [0.717, 1.165) is 35.3 Å². The Labute approximate surface area is 164 Å². The van der Waals surface area contributed by atoms with E-state index >= 15 is 0 Å². The monoisotopic (exact) mass is 378 g/mol. The first kappa shape index (κ1) is 17.3. The number of amides is 2. The number of hydrogen-bond donors (Lipinski definition) is 1. The summed E-state index contributed by atoms with van der Waals surface area (Å²) in [6, 6.07) is 14.9. The highest BCUT2D eigenvalue weighted by Crippen LogP contribution is 2.37. The third-order valence-corrected chi connectivity index (χ3v) is 6.14. The Kier molecular flexibility index (Phi) is 4.11. The Balaban J connectivity index is 1.24. The average molecular weight is 378 g/mol. The summed E-state index contributed by atoms with van der Waals surface area (Å²) in [7, 11) is 0. The number of nitrogens with zero attached hydrogens (tertiary/aromatic N) is 1. The second-order valence-electron chi connectivity index (χ2n) is 7.87. The number of carbonyl (C=O) groups is 1. The number of benzene rings is 2. The molecule has 5 rings (SSSR count). The van der Waals surface area contributed by atoms with Crippen molar-refractivity contribution in [2.24, 2.45) is 0 Å². The summed E-state index contributed by atoms with van der Waals surface area (Å²) in [6.07, 6.45) is 4.98. The quantitative estimate of drug-likeness (QED) is 0.805. The first-order valence-corrected chi connectivity index (χ1v) is 9.88. The van der Waals surface area contributed by atoms with Gasteiger partial charge in [-0.15, -0.1) is 0 Å². The maximum absolute atomic E-state index is 14.5. The van der Waals surface area contributed by atoms with Crippen LogP contribution in [0.2, 0.25) is 0 Å². The third-order valence-electron chi connectivity index (χ3n) is 6.14. The van der Waals surface area contributed by atoms with Crippen molar-refractivity contribution in [2.45, 2.75) is 37.1 Å². The molecule has 0 unspecified atom stereocenters. The topological polar surface area (TPSA) is 41.6 Å². The molecule has 0 saturated carbocycles. The molecule has 4 nitrogen and oxygen atoms in total. The number of hydrogen-bond acceptors (Lipinski definition) is 2. The van der Waals surface area contributed by atoms with Gasteiger partial charge in [0.25, 0.3) is 0 Å². The van der Waals surface area contributed by atoms with Crippen molar-refractivity contribution in [1.29, 1.82) is 0 Å². The molecule has 0 aromatic heterocycles. The number of ether oxygens (including phenoxy) is 1. The number of likely N-dealkylation sites (tertiary alicyclic amines) is 1. The molecule has 0 bridgehead atoms. The van der Waals surface area contributed by atoms with Crippen LogP contribution in [0.1, 0.15) is 35.6 Å². The number of alkyl halides is 1. The lowest BCUT2D eigenvalue weighted by molar-refractivity contribution is 0.0488. The van der Waals surface area contributed by atoms with Crippen LogP contribution in [0.5, 0.6) is 5.75 Å². The van der Waals surface area contributed by atoms with Gasteiger partial charge in [-0.05, 0) is 23.3 Å². The molecule has 2 amide bonds. The van der Waals surface area contributed by atoms with Gasteiger partial charge in [0.15, 0.2) is 0 Å². The molecule has 2 aromatic rings. The molecule has 1 fully saturated rings. The summed E-state index contributed by atoms with van der Waals surface area (Å²) in [5, 5.41) is 2.91. The van der Waals surface area contributed by atoms with E-state index in [2.05, 4.69) is 17.5 Å². The smallest absolute Gasteiger partial charge is 0.317 e. The Bertz CT molecular complexity index is 934. The molecule has 1 aliphatic carbocycles. The van der Waals surface area contributed by atoms with E-state index in [4.69, 9.17) is 4.74 Å². The van der Waals surface area contributed by atoms with Crippen LogP contribution in [0.4, 0.5) is 9.18 Å². The molecule has 1 N–H and O–H groups in total. The molecule has 2 aliphatic heterocycles. The molecule has 1 spiro atoms. The van der Waals surface area contributed by atoms with Gasteiger partial charge in [0.05, 0.1) is 6.04 Å². The fraction of sp³-hybridized carbons (Fsp3) is 0.348. The molecule has 0 radical (unpaired) electrons. The zero-order valence-corrected chi connectivity index (χ0v) is 15.6. The maximum atomic E-state index is 14.5. The summed E-state index contributed by atoms with van der Waals surface area (Å²) in [4.78, 5) is 14.5. The van der Waals surface area contributed by atoms with Crippen molar-refractivity contribution in [1.82, 2.24) is 10.2 Å². The van der Waals surface area contributed by atoms with Crippen LogP contribution < -0.4 is 10.1 Å². The van der Waals surface area contributed by atoms with E-state index in [0.29, 0.717) is 19.5 Å². The molecule has 1 saturated heterocycles. The van der Waals surface area contributed by atoms with Gasteiger partial charge in [0.1, 0.15) is 17.5 Å². The Hall–Kier alpha value is -2.82. The van der Waals surface area contributed by atoms with E-state index < -0.39 is 12.2 Å². The van der Waals surface area contributed by atoms with Crippen molar-refractivity contribution in [2.75, 3.05) is 13.1 Å². The molecule has 3 aliphatic rings. The number of urea groups is 1. The van der Waals surface area contributed by atoms with Crippen molar-refractivity contribution in [3.8, 4) is 5.75 Å². The highest BCUT2D eigenvalue weighted by Gasteiger charge is 2.39. The molecule has 5 heteroatoms. The van der Waals surface area contributed by atoms with Crippen LogP contribution in [0, 0.1) is 0 Å². The van der Waals surface area contributed by atoms with Gasteiger partial charge in [0, 0.05) is 37.9 Å². The number of halogens is 1. The van der Waals surface area contributed by atoms with Crippen LogP contribution in [0.25, 0.3) is 6.08 Å². The van der Waals surface area contributed by atoms with E-state index in [1.807, 2.05) is 48.5 Å². The molecule has 144 valence electrons. The van der Waals surface area contributed by atoms with E-state index in [1.165, 1.54) is 0 Å². The minimum absolute atomic E-state index is 0.195. The van der Waals surface area contributed by atoms with Gasteiger partial charge in [-0.25, -0.2) is 9.18 Å². The van der Waals surface area contributed by atoms with Crippen molar-refractivity contribution in [3.63, 3.8) is 0 Å². The lowest BCUT2D eigenvalue weighted by Crippen LogP contribution is -2.52. The molecule has 2 heterocycles. The van der Waals surface area contributed by atoms with Crippen molar-refractivity contribution < 1.29 is 13.9 Å². The van der Waals surface area contributed by atoms with Gasteiger partial charge in [0.2, 0.25) is 0 Å². The van der Waals surface area contributed by atoms with Gasteiger partial charge in [-0.2, -0.15) is 0 Å². The lowest BCUT2D eigenvalue weighted by Gasteiger charge is -2.42. The van der Waals surface area contributed by atoms with Crippen molar-refractivity contribution in [3.05, 3.63) is 71.3 Å². The zero-order chi connectivity index (χ0) is 19.1. The highest BCUT2D eigenvalue weighted by molar-refractivity contribution is 5.75. The molecule has 28 heavy (non-hydrogen) atoms. The summed E-state index contributed by atoms with van der Waals surface area (Å²) in [6.45, 7) is 1.17. The third kappa shape index (κ3) is 2.95. The highest BCUT2D eigenvalue weighted by atomic mass is 19.1. The van der Waals surface area contributed by atoms with Gasteiger partial charge in [-0.1, -0.05) is 48.5 Å². The number of piperidine rings is 1. The average Bonchev–Trinajstić information content (AvgIpc) is 3.04. The first-order chi connectivity index (χ1) is 13.6. The number of rotatable bonds is 1. The SMILES string of the molecule is O=C(N[C@H]1c2ccccc2C[C@H]1F)N1CCC2(C=Cc3ccccc3O2)CC1. The molecule has 2 atom stereocenters. The minimum atomic E-state index is -1.07. The van der Waals surface area contributed by atoms with E-state index in [1.54, 1.807) is 4.90 Å². The molecular weight excluding hydrogens is 355 g/mol. The summed E-state index contributed by atoms with van der Waals surface area (Å²) in [5.41, 5.74) is 2.61. The normalized spacial score (nSPS) is 24.4. The minimum Gasteiger partial charge on any atom is -0.482 e. The van der Waals surface area contributed by atoms with E-state index in [-0.39, 0.29) is 11.6 Å². The number of nitrogens with one attached hydrogen (secondary N) is 1. The first-order valence-electron chi connectivity index (χ1n) is 9.88. The van der Waals surface area contributed by atoms with Gasteiger partial charge >= 0.3 is 6.03 Å². The zero-order valence-electron chi connectivity index (χ0n) is 15.6. The summed E-state index contributed by atoms with van der Waals surface area (Å²) in [5.74, 6) is 0.894. The predicted molar refractivity (Wildman–Crippen MR) is 106 cm³/mol. The van der Waals surface area contributed by atoms with E-state index in [9.17, 15) is 9.18 Å². The maximum Gasteiger partial charge on any atom is 0.317 e. The number of carbonyl (C=O) groups excluding carboxylic acids is 1. The predicted octanol–water partition coefficient (Wildman–Crippen LogP) is 4.27. The Morgan fingerprint density at radius 3 is 2.71 bits per heavy atom. The second kappa shape index (κ2) is 6.66. The van der Waals surface area contributed by atoms with Crippen LogP contribution in [-0.4, -0.2) is 35.8 Å². The Morgan fingerprint density at radius 1 is 1.11 bits per heavy atom. The van der Waals surface area contributed by atoms with Crippen LogP contribution in [0.15, 0.2) is 54.6 Å².